The summed E-state index contributed by atoms with van der Waals surface area (Å²) in [6.45, 7) is 0.525. The van der Waals surface area contributed by atoms with Crippen LogP contribution in [0.3, 0.4) is 0 Å². The summed E-state index contributed by atoms with van der Waals surface area (Å²) in [6.07, 6.45) is 3.90. The summed E-state index contributed by atoms with van der Waals surface area (Å²) >= 11 is 6.60. The summed E-state index contributed by atoms with van der Waals surface area (Å²) in [6, 6.07) is 23.3. The largest absolute Gasteiger partial charge is 0.489 e. The Kier molecular flexibility index (Phi) is 8.37. The fraction of sp³-hybridized carbons (Fsp3) is 0.133. The van der Waals surface area contributed by atoms with Gasteiger partial charge in [-0.3, -0.25) is 14.5 Å². The molecular formula is C30H24FN3O4S2. The quantitative estimate of drug-likeness (QED) is 0.175. The first-order valence-corrected chi connectivity index (χ1v) is 13.7. The van der Waals surface area contributed by atoms with Gasteiger partial charge in [-0.1, -0.05) is 66.4 Å². The molecule has 2 heterocycles. The fourth-order valence-electron chi connectivity index (χ4n) is 4.13. The van der Waals surface area contributed by atoms with Crippen molar-refractivity contribution < 1.29 is 23.8 Å². The fourth-order valence-corrected chi connectivity index (χ4v) is 5.43. The molecule has 1 aliphatic heterocycles. The van der Waals surface area contributed by atoms with Gasteiger partial charge in [0.2, 0.25) is 0 Å². The van der Waals surface area contributed by atoms with Crippen molar-refractivity contribution in [1.82, 2.24) is 14.7 Å². The van der Waals surface area contributed by atoms with E-state index in [1.807, 2.05) is 60.8 Å². The van der Waals surface area contributed by atoms with Crippen molar-refractivity contribution in [2.75, 3.05) is 6.54 Å². The van der Waals surface area contributed by atoms with Crippen LogP contribution in [0.4, 0.5) is 4.39 Å². The molecule has 0 spiro atoms. The van der Waals surface area contributed by atoms with E-state index in [4.69, 9.17) is 27.2 Å². The van der Waals surface area contributed by atoms with Crippen LogP contribution < -0.4 is 4.74 Å². The van der Waals surface area contributed by atoms with Gasteiger partial charge in [0.15, 0.2) is 0 Å². The van der Waals surface area contributed by atoms with E-state index in [1.54, 1.807) is 22.9 Å². The van der Waals surface area contributed by atoms with Crippen molar-refractivity contribution in [2.45, 2.75) is 19.4 Å². The Morgan fingerprint density at radius 2 is 1.85 bits per heavy atom. The number of aromatic nitrogens is 2. The van der Waals surface area contributed by atoms with Gasteiger partial charge in [0.1, 0.15) is 28.2 Å². The zero-order chi connectivity index (χ0) is 28.1. The molecule has 0 unspecified atom stereocenters. The molecule has 0 aliphatic carbocycles. The van der Waals surface area contributed by atoms with Crippen molar-refractivity contribution in [3.8, 4) is 22.7 Å². The second-order valence-electron chi connectivity index (χ2n) is 8.99. The lowest BCUT2D eigenvalue weighted by molar-refractivity contribution is -0.137. The normalized spacial score (nSPS) is 14.2. The lowest BCUT2D eigenvalue weighted by atomic mass is 10.1. The van der Waals surface area contributed by atoms with Gasteiger partial charge in [0, 0.05) is 30.3 Å². The van der Waals surface area contributed by atoms with E-state index >= 15 is 0 Å². The summed E-state index contributed by atoms with van der Waals surface area (Å²) < 4.78 is 21.4. The average Bonchev–Trinajstić information content (AvgIpc) is 3.49. The summed E-state index contributed by atoms with van der Waals surface area (Å²) in [4.78, 5) is 25.9. The summed E-state index contributed by atoms with van der Waals surface area (Å²) in [5.41, 5.74) is 3.84. The first kappa shape index (κ1) is 27.3. The number of aliphatic carboxylic acids is 1. The van der Waals surface area contributed by atoms with Crippen LogP contribution in [0.2, 0.25) is 0 Å². The van der Waals surface area contributed by atoms with Crippen LogP contribution in [0.1, 0.15) is 24.0 Å². The molecule has 1 amide bonds. The average molecular weight is 574 g/mol. The highest BCUT2D eigenvalue weighted by atomic mass is 32.2. The molecule has 3 aromatic carbocycles. The van der Waals surface area contributed by atoms with Gasteiger partial charge in [-0.2, -0.15) is 5.10 Å². The van der Waals surface area contributed by atoms with Crippen LogP contribution in [-0.4, -0.2) is 42.5 Å². The number of hydrogen-bond acceptors (Lipinski definition) is 6. The molecule has 1 aliphatic rings. The molecule has 1 saturated heterocycles. The number of carboxylic acids is 1. The number of para-hydroxylation sites is 1. The van der Waals surface area contributed by atoms with Gasteiger partial charge in [-0.05, 0) is 54.5 Å². The van der Waals surface area contributed by atoms with Crippen molar-refractivity contribution in [3.63, 3.8) is 0 Å². The molecule has 1 fully saturated rings. The molecule has 1 aromatic heterocycles. The number of carbonyl (C=O) groups is 2. The predicted molar refractivity (Wildman–Crippen MR) is 156 cm³/mol. The number of rotatable bonds is 10. The van der Waals surface area contributed by atoms with Gasteiger partial charge in [0.25, 0.3) is 5.91 Å². The number of hydrogen-bond donors (Lipinski definition) is 1. The summed E-state index contributed by atoms with van der Waals surface area (Å²) in [7, 11) is 0. The van der Waals surface area contributed by atoms with Gasteiger partial charge in [-0.25, -0.2) is 9.07 Å². The molecule has 0 saturated carbocycles. The monoisotopic (exact) mass is 573 g/mol. The molecule has 202 valence electrons. The van der Waals surface area contributed by atoms with Gasteiger partial charge in [-0.15, -0.1) is 0 Å². The van der Waals surface area contributed by atoms with Crippen LogP contribution in [0, 0.1) is 5.82 Å². The number of halogens is 1. The lowest BCUT2D eigenvalue weighted by Crippen LogP contribution is -2.29. The topological polar surface area (TPSA) is 84.7 Å². The molecule has 0 bridgehead atoms. The minimum absolute atomic E-state index is 0.0380. The molecule has 0 radical (unpaired) electrons. The number of amides is 1. The first-order chi connectivity index (χ1) is 19.4. The third-order valence-corrected chi connectivity index (χ3v) is 7.50. The van der Waals surface area contributed by atoms with E-state index in [2.05, 4.69) is 0 Å². The second-order valence-corrected chi connectivity index (χ2v) is 10.7. The predicted octanol–water partition coefficient (Wildman–Crippen LogP) is 6.32. The van der Waals surface area contributed by atoms with Crippen LogP contribution in [-0.2, 0) is 16.2 Å². The first-order valence-electron chi connectivity index (χ1n) is 12.5. The smallest absolute Gasteiger partial charge is 0.303 e. The van der Waals surface area contributed by atoms with Crippen LogP contribution in [0.15, 0.2) is 90.0 Å². The Hall–Kier alpha value is -4.28. The van der Waals surface area contributed by atoms with E-state index in [1.165, 1.54) is 28.8 Å². The Balaban J connectivity index is 1.45. The van der Waals surface area contributed by atoms with Gasteiger partial charge in [0.05, 0.1) is 10.6 Å². The Bertz CT molecular complexity index is 1590. The highest BCUT2D eigenvalue weighted by Crippen LogP contribution is 2.35. The van der Waals surface area contributed by atoms with Gasteiger partial charge >= 0.3 is 5.97 Å². The minimum atomic E-state index is -0.914. The molecule has 4 aromatic rings. The van der Waals surface area contributed by atoms with E-state index in [-0.39, 0.29) is 31.3 Å². The summed E-state index contributed by atoms with van der Waals surface area (Å²) in [5.74, 6) is -0.853. The molecule has 1 N–H and O–H groups in total. The number of ether oxygens (including phenoxy) is 1. The van der Waals surface area contributed by atoms with Crippen molar-refractivity contribution in [3.05, 3.63) is 107 Å². The second kappa shape index (κ2) is 12.3. The van der Waals surface area contributed by atoms with Crippen LogP contribution >= 0.6 is 24.0 Å². The number of thioether (sulfide) groups is 1. The van der Waals surface area contributed by atoms with E-state index in [9.17, 15) is 14.0 Å². The molecular weight excluding hydrogens is 549 g/mol. The highest BCUT2D eigenvalue weighted by molar-refractivity contribution is 8.26. The lowest BCUT2D eigenvalue weighted by Gasteiger charge is -2.13. The van der Waals surface area contributed by atoms with E-state index < -0.39 is 5.97 Å². The Morgan fingerprint density at radius 1 is 1.07 bits per heavy atom. The van der Waals surface area contributed by atoms with Crippen LogP contribution in [0.5, 0.6) is 5.75 Å². The van der Waals surface area contributed by atoms with E-state index in [0.29, 0.717) is 32.7 Å². The Labute approximate surface area is 239 Å². The SMILES string of the molecule is O=C(O)CCCN1C(=O)/C(=C/c2cn(-c3ccccc3)nc2-c2cccc(OCc3ccc(F)cc3)c2)SC1=S. The third kappa shape index (κ3) is 6.47. The number of carboxylic acid groups (broad SMARTS) is 1. The maximum atomic E-state index is 13.2. The maximum Gasteiger partial charge on any atom is 0.303 e. The molecule has 0 atom stereocenters. The van der Waals surface area contributed by atoms with Gasteiger partial charge < -0.3 is 9.84 Å². The van der Waals surface area contributed by atoms with Crippen LogP contribution in [0.25, 0.3) is 23.0 Å². The number of benzene rings is 3. The molecule has 5 rings (SSSR count). The molecule has 40 heavy (non-hydrogen) atoms. The highest BCUT2D eigenvalue weighted by Gasteiger charge is 2.32. The Morgan fingerprint density at radius 3 is 2.60 bits per heavy atom. The standard InChI is InChI=1S/C30H24FN3O4S2/c31-23-13-11-20(12-14-23)19-38-25-9-4-6-21(16-25)28-22(18-34(32-28)24-7-2-1-3-8-24)17-26-29(37)33(30(39)40-26)15-5-10-27(35)36/h1-4,6-9,11-14,16-18H,5,10,15,19H2,(H,35,36)/b26-17-. The van der Waals surface area contributed by atoms with E-state index in [0.717, 1.165) is 16.8 Å². The van der Waals surface area contributed by atoms with Crippen molar-refractivity contribution >= 4 is 46.3 Å². The summed E-state index contributed by atoms with van der Waals surface area (Å²) in [5, 5.41) is 13.8. The molecule has 10 heteroatoms. The number of carbonyl (C=O) groups excluding carboxylic acids is 1. The molecule has 7 nitrogen and oxygen atoms in total. The number of thiocarbonyl (C=S) groups is 1. The third-order valence-electron chi connectivity index (χ3n) is 6.12. The maximum absolute atomic E-state index is 13.2. The zero-order valence-electron chi connectivity index (χ0n) is 21.2. The van der Waals surface area contributed by atoms with Crippen molar-refractivity contribution in [1.29, 1.82) is 0 Å². The minimum Gasteiger partial charge on any atom is -0.489 e. The zero-order valence-corrected chi connectivity index (χ0v) is 22.8. The van der Waals surface area contributed by atoms with Crippen molar-refractivity contribution in [2.24, 2.45) is 0 Å². The number of nitrogens with zero attached hydrogens (tertiary/aromatic N) is 3.